The van der Waals surface area contributed by atoms with E-state index in [1.54, 1.807) is 11.3 Å². The fourth-order valence-corrected chi connectivity index (χ4v) is 4.30. The van der Waals surface area contributed by atoms with Gasteiger partial charge < -0.3 is 0 Å². The topological polar surface area (TPSA) is 30.0 Å². The van der Waals surface area contributed by atoms with Gasteiger partial charge in [0.2, 0.25) is 0 Å². The van der Waals surface area contributed by atoms with E-state index in [1.165, 1.54) is 32.1 Å². The molecule has 1 aromatic rings. The van der Waals surface area contributed by atoms with Crippen LogP contribution in [0, 0.1) is 0 Å². The molecule has 1 aromatic heterocycles. The Kier molecular flexibility index (Phi) is 5.32. The van der Waals surface area contributed by atoms with Crippen molar-refractivity contribution in [2.24, 2.45) is 0 Å². The molecular weight excluding hydrogens is 274 g/mol. The van der Waals surface area contributed by atoms with Crippen molar-refractivity contribution >= 4 is 40.5 Å². The van der Waals surface area contributed by atoms with E-state index in [0.717, 1.165) is 16.0 Å². The molecule has 0 N–H and O–H groups in total. The lowest BCUT2D eigenvalue weighted by atomic mass is 10.0. The predicted molar refractivity (Wildman–Crippen MR) is 75.3 cm³/mol. The molecule has 1 heterocycles. The summed E-state index contributed by atoms with van der Waals surface area (Å²) in [5.74, 6) is 0.890. The lowest BCUT2D eigenvalue weighted by Crippen LogP contribution is -2.08. The van der Waals surface area contributed by atoms with Gasteiger partial charge in [-0.15, -0.1) is 22.9 Å². The molecule has 0 spiro atoms. The first kappa shape index (κ1) is 13.4. The summed E-state index contributed by atoms with van der Waals surface area (Å²) in [4.78, 5) is 15.7. The summed E-state index contributed by atoms with van der Waals surface area (Å²) in [6.07, 6.45) is 6.80. The molecule has 0 aliphatic heterocycles. The first-order valence-corrected chi connectivity index (χ1v) is 8.41. The number of rotatable bonds is 5. The number of aromatic nitrogens is 1. The van der Waals surface area contributed by atoms with E-state index in [2.05, 4.69) is 4.98 Å². The van der Waals surface area contributed by atoms with Crippen molar-refractivity contribution in [3.63, 3.8) is 0 Å². The molecule has 94 valence electrons. The molecule has 1 fully saturated rings. The van der Waals surface area contributed by atoms with Crippen LogP contribution in [0.3, 0.4) is 0 Å². The molecule has 0 aromatic carbocycles. The van der Waals surface area contributed by atoms with Gasteiger partial charge in [0, 0.05) is 16.4 Å². The minimum Gasteiger partial charge on any atom is -0.291 e. The second-order valence-corrected chi connectivity index (χ2v) is 6.75. The molecule has 17 heavy (non-hydrogen) atoms. The molecule has 0 bridgehead atoms. The number of alkyl halides is 1. The fourth-order valence-electron chi connectivity index (χ4n) is 1.99. The van der Waals surface area contributed by atoms with Crippen molar-refractivity contribution in [2.45, 2.75) is 43.1 Å². The Bertz CT molecular complexity index is 374. The smallest absolute Gasteiger partial charge is 0.196 e. The van der Waals surface area contributed by atoms with E-state index in [-0.39, 0.29) is 11.7 Å². The summed E-state index contributed by atoms with van der Waals surface area (Å²) < 4.78 is 0. The molecule has 0 radical (unpaired) electrons. The van der Waals surface area contributed by atoms with Gasteiger partial charge in [-0.05, 0) is 12.8 Å². The van der Waals surface area contributed by atoms with E-state index in [1.807, 2.05) is 17.1 Å². The van der Waals surface area contributed by atoms with Crippen molar-refractivity contribution in [1.29, 1.82) is 0 Å². The van der Waals surface area contributed by atoms with Crippen LogP contribution < -0.4 is 0 Å². The number of carbonyl (C=O) groups excluding carboxylic acids is 1. The van der Waals surface area contributed by atoms with Crippen molar-refractivity contribution in [2.75, 3.05) is 5.88 Å². The van der Waals surface area contributed by atoms with E-state index in [9.17, 15) is 4.79 Å². The van der Waals surface area contributed by atoms with Crippen LogP contribution in [0.5, 0.6) is 0 Å². The molecule has 0 unspecified atom stereocenters. The average molecular weight is 290 g/mol. The predicted octanol–water partition coefficient (Wildman–Crippen LogP) is 4.13. The maximum Gasteiger partial charge on any atom is 0.196 e. The highest BCUT2D eigenvalue weighted by Gasteiger charge is 2.15. The zero-order chi connectivity index (χ0) is 12.1. The SMILES string of the molecule is O=C(CCl)c1csc(CSC2CCCCC2)n1. The maximum absolute atomic E-state index is 11.3. The summed E-state index contributed by atoms with van der Waals surface area (Å²) in [5.41, 5.74) is 0.532. The number of halogens is 1. The van der Waals surface area contributed by atoms with Gasteiger partial charge in [0.15, 0.2) is 5.78 Å². The number of hydrogen-bond donors (Lipinski definition) is 0. The zero-order valence-electron chi connectivity index (χ0n) is 9.65. The number of carbonyl (C=O) groups is 1. The largest absolute Gasteiger partial charge is 0.291 e. The summed E-state index contributed by atoms with van der Waals surface area (Å²) in [6, 6.07) is 0. The standard InChI is InChI=1S/C12H16ClNOS2/c13-6-11(15)10-7-17-12(14-10)8-16-9-4-2-1-3-5-9/h7,9H,1-6,8H2. The molecule has 2 rings (SSSR count). The van der Waals surface area contributed by atoms with Crippen LogP contribution in [0.1, 0.15) is 47.6 Å². The molecule has 0 amide bonds. The number of Topliss-reactive ketones (excluding diaryl/α,β-unsaturated/α-hetero) is 1. The molecule has 1 aliphatic rings. The summed E-state index contributed by atoms with van der Waals surface area (Å²) in [6.45, 7) is 0. The molecule has 1 aliphatic carbocycles. The summed E-state index contributed by atoms with van der Waals surface area (Å²) in [5, 5.41) is 3.66. The molecular formula is C12H16ClNOS2. The Hall–Kier alpha value is -0.0600. The van der Waals surface area contributed by atoms with E-state index in [4.69, 9.17) is 11.6 Å². The Labute approximate surface area is 115 Å². The van der Waals surface area contributed by atoms with Crippen LogP contribution in [-0.4, -0.2) is 21.9 Å². The van der Waals surface area contributed by atoms with Crippen LogP contribution in [0.4, 0.5) is 0 Å². The fraction of sp³-hybridized carbons (Fsp3) is 0.667. The van der Waals surface area contributed by atoms with E-state index in [0.29, 0.717) is 5.69 Å². The van der Waals surface area contributed by atoms with Gasteiger partial charge in [0.05, 0.1) is 5.88 Å². The van der Waals surface area contributed by atoms with Crippen LogP contribution in [-0.2, 0) is 5.75 Å². The Morgan fingerprint density at radius 1 is 1.47 bits per heavy atom. The number of nitrogens with zero attached hydrogens (tertiary/aromatic N) is 1. The number of ketones is 1. The average Bonchev–Trinajstić information content (AvgIpc) is 2.85. The molecule has 5 heteroatoms. The van der Waals surface area contributed by atoms with E-state index >= 15 is 0 Å². The third kappa shape index (κ3) is 3.97. The summed E-state index contributed by atoms with van der Waals surface area (Å²) in [7, 11) is 0. The highest BCUT2D eigenvalue weighted by molar-refractivity contribution is 7.99. The molecule has 2 nitrogen and oxygen atoms in total. The van der Waals surface area contributed by atoms with Crippen LogP contribution in [0.2, 0.25) is 0 Å². The highest BCUT2D eigenvalue weighted by atomic mass is 35.5. The van der Waals surface area contributed by atoms with Crippen molar-refractivity contribution in [3.05, 3.63) is 16.1 Å². The molecule has 0 atom stereocenters. The number of thioether (sulfide) groups is 1. The lowest BCUT2D eigenvalue weighted by molar-refractivity contribution is 0.101. The van der Waals surface area contributed by atoms with Gasteiger partial charge in [-0.25, -0.2) is 4.98 Å². The van der Waals surface area contributed by atoms with Gasteiger partial charge in [0.1, 0.15) is 10.7 Å². The number of hydrogen-bond acceptors (Lipinski definition) is 4. The third-order valence-electron chi connectivity index (χ3n) is 2.95. The maximum atomic E-state index is 11.3. The minimum atomic E-state index is -0.0724. The first-order chi connectivity index (χ1) is 8.29. The monoisotopic (exact) mass is 289 g/mol. The van der Waals surface area contributed by atoms with Crippen molar-refractivity contribution in [1.82, 2.24) is 4.98 Å². The Morgan fingerprint density at radius 2 is 2.24 bits per heavy atom. The Balaban J connectivity index is 1.82. The second-order valence-electron chi connectivity index (χ2n) is 4.25. The Morgan fingerprint density at radius 3 is 2.94 bits per heavy atom. The van der Waals surface area contributed by atoms with Crippen LogP contribution in [0.25, 0.3) is 0 Å². The summed E-state index contributed by atoms with van der Waals surface area (Å²) >= 11 is 9.06. The van der Waals surface area contributed by atoms with Gasteiger partial charge in [-0.2, -0.15) is 11.8 Å². The van der Waals surface area contributed by atoms with Crippen molar-refractivity contribution in [3.8, 4) is 0 Å². The lowest BCUT2D eigenvalue weighted by Gasteiger charge is -2.20. The third-order valence-corrected chi connectivity index (χ3v) is 5.61. The minimum absolute atomic E-state index is 0.0267. The number of thiazole rings is 1. The molecule has 0 saturated heterocycles. The zero-order valence-corrected chi connectivity index (χ0v) is 12.0. The van der Waals surface area contributed by atoms with E-state index < -0.39 is 0 Å². The van der Waals surface area contributed by atoms with Crippen molar-refractivity contribution < 1.29 is 4.79 Å². The van der Waals surface area contributed by atoms with Gasteiger partial charge in [-0.3, -0.25) is 4.79 Å². The van der Waals surface area contributed by atoms with Gasteiger partial charge in [-0.1, -0.05) is 19.3 Å². The normalized spacial score (nSPS) is 17.2. The van der Waals surface area contributed by atoms with Gasteiger partial charge in [0.25, 0.3) is 0 Å². The van der Waals surface area contributed by atoms with Gasteiger partial charge >= 0.3 is 0 Å². The first-order valence-electron chi connectivity index (χ1n) is 5.95. The highest BCUT2D eigenvalue weighted by Crippen LogP contribution is 2.31. The van der Waals surface area contributed by atoms with Crippen LogP contribution >= 0.6 is 34.7 Å². The second kappa shape index (κ2) is 6.76. The van der Waals surface area contributed by atoms with Crippen LogP contribution in [0.15, 0.2) is 5.38 Å². The quantitative estimate of drug-likeness (QED) is 0.603. The molecule has 1 saturated carbocycles.